The molecule has 0 spiro atoms. The normalized spacial score (nSPS) is 17.6. The van der Waals surface area contributed by atoms with Gasteiger partial charge in [-0.05, 0) is 35.0 Å². The highest BCUT2D eigenvalue weighted by Crippen LogP contribution is 2.32. The summed E-state index contributed by atoms with van der Waals surface area (Å²) in [5, 5.41) is 2.96. The van der Waals surface area contributed by atoms with E-state index in [4.69, 9.17) is 16.2 Å². The van der Waals surface area contributed by atoms with Crippen LogP contribution in [0.25, 0.3) is 0 Å². The molecule has 0 aromatic heterocycles. The van der Waals surface area contributed by atoms with Gasteiger partial charge in [0.2, 0.25) is 11.8 Å². The number of anilines is 1. The second-order valence-electron chi connectivity index (χ2n) is 4.83. The number of benzene rings is 1. The number of hydrogen-bond donors (Lipinski definition) is 3. The summed E-state index contributed by atoms with van der Waals surface area (Å²) in [5.41, 5.74) is 12.3. The molecule has 7 nitrogen and oxygen atoms in total. The van der Waals surface area contributed by atoms with Crippen LogP contribution in [0.5, 0.6) is 0 Å². The largest absolute Gasteiger partial charge is 0.450 e. The second kappa shape index (κ2) is 6.18. The summed E-state index contributed by atoms with van der Waals surface area (Å²) in [7, 11) is 0. The molecule has 5 N–H and O–H groups in total. The van der Waals surface area contributed by atoms with Crippen molar-refractivity contribution in [3.05, 3.63) is 40.0 Å². The van der Waals surface area contributed by atoms with E-state index in [1.165, 1.54) is 0 Å². The van der Waals surface area contributed by atoms with Gasteiger partial charge in [0, 0.05) is 5.69 Å². The van der Waals surface area contributed by atoms with Gasteiger partial charge < -0.3 is 21.5 Å². The van der Waals surface area contributed by atoms with E-state index in [0.29, 0.717) is 5.69 Å². The lowest BCUT2D eigenvalue weighted by molar-refractivity contribution is -0.146. The maximum absolute atomic E-state index is 11.7. The zero-order chi connectivity index (χ0) is 16.4. The van der Waals surface area contributed by atoms with Gasteiger partial charge in [0.1, 0.15) is 4.48 Å². The SMILES string of the molecule is Cc1ccc(NC2=C(Br)C(=O)O[C@@H]2C(C(N)=O)C(N)=O)cc1. The number of cyclic esters (lactones) is 1. The molecule has 1 aliphatic rings. The van der Waals surface area contributed by atoms with Crippen LogP contribution in [0.1, 0.15) is 5.56 Å². The fraction of sp³-hybridized carbons (Fsp3) is 0.214. The first-order valence-corrected chi connectivity index (χ1v) is 7.13. The van der Waals surface area contributed by atoms with E-state index >= 15 is 0 Å². The summed E-state index contributed by atoms with van der Waals surface area (Å²) >= 11 is 3.09. The number of amides is 2. The summed E-state index contributed by atoms with van der Waals surface area (Å²) in [5.74, 6) is -4.08. The molecule has 0 aliphatic carbocycles. The predicted molar refractivity (Wildman–Crippen MR) is 82.5 cm³/mol. The highest BCUT2D eigenvalue weighted by atomic mass is 79.9. The van der Waals surface area contributed by atoms with Crippen molar-refractivity contribution in [2.45, 2.75) is 13.0 Å². The van der Waals surface area contributed by atoms with Crippen LogP contribution in [0.15, 0.2) is 34.4 Å². The van der Waals surface area contributed by atoms with Crippen LogP contribution in [-0.4, -0.2) is 23.9 Å². The summed E-state index contributed by atoms with van der Waals surface area (Å²) in [6.07, 6.45) is -1.18. The minimum Gasteiger partial charge on any atom is -0.450 e. The third-order valence-corrected chi connectivity index (χ3v) is 3.93. The molecule has 0 saturated carbocycles. The molecule has 2 rings (SSSR count). The molecule has 0 saturated heterocycles. The monoisotopic (exact) mass is 367 g/mol. The van der Waals surface area contributed by atoms with Crippen molar-refractivity contribution in [3.8, 4) is 0 Å². The van der Waals surface area contributed by atoms with E-state index < -0.39 is 29.8 Å². The van der Waals surface area contributed by atoms with Crippen molar-refractivity contribution in [3.63, 3.8) is 0 Å². The van der Waals surface area contributed by atoms with E-state index in [0.717, 1.165) is 5.56 Å². The third-order valence-electron chi connectivity index (χ3n) is 3.18. The quantitative estimate of drug-likeness (QED) is 0.516. The van der Waals surface area contributed by atoms with Crippen molar-refractivity contribution < 1.29 is 19.1 Å². The second-order valence-corrected chi connectivity index (χ2v) is 5.62. The van der Waals surface area contributed by atoms with E-state index in [2.05, 4.69) is 21.2 Å². The standard InChI is InChI=1S/C14H14BrN3O4/c1-6-2-4-7(5-3-6)18-10-9(15)14(21)22-11(10)8(12(16)19)13(17)20/h2-5,8,11,18H,1H3,(H2,16,19)(H2,17,20)/t11-/m1/s1. The Hall–Kier alpha value is -2.35. The van der Waals surface area contributed by atoms with E-state index in [1.54, 1.807) is 12.1 Å². The first-order chi connectivity index (χ1) is 10.3. The molecule has 1 aromatic rings. The van der Waals surface area contributed by atoms with Gasteiger partial charge in [-0.15, -0.1) is 0 Å². The van der Waals surface area contributed by atoms with Gasteiger partial charge in [-0.1, -0.05) is 17.7 Å². The third kappa shape index (κ3) is 3.11. The smallest absolute Gasteiger partial charge is 0.347 e. The maximum atomic E-state index is 11.7. The van der Waals surface area contributed by atoms with Crippen LogP contribution in [0, 0.1) is 12.8 Å². The van der Waals surface area contributed by atoms with Crippen LogP contribution in [0.2, 0.25) is 0 Å². The Labute approximate surface area is 134 Å². The fourth-order valence-electron chi connectivity index (χ4n) is 2.05. The molecule has 116 valence electrons. The first kappa shape index (κ1) is 16.0. The van der Waals surface area contributed by atoms with Crippen LogP contribution in [0.3, 0.4) is 0 Å². The molecule has 0 unspecified atom stereocenters. The Bertz CT molecular complexity index is 655. The molecule has 1 heterocycles. The number of halogens is 1. The van der Waals surface area contributed by atoms with Crippen molar-refractivity contribution in [2.75, 3.05) is 5.32 Å². The predicted octanol–water partition coefficient (Wildman–Crippen LogP) is 0.526. The zero-order valence-electron chi connectivity index (χ0n) is 11.6. The van der Waals surface area contributed by atoms with E-state index in [1.807, 2.05) is 19.1 Å². The van der Waals surface area contributed by atoms with Gasteiger partial charge in [-0.3, -0.25) is 9.59 Å². The Morgan fingerprint density at radius 3 is 2.27 bits per heavy atom. The minimum absolute atomic E-state index is 0.0885. The summed E-state index contributed by atoms with van der Waals surface area (Å²) in [6, 6.07) is 7.30. The molecule has 1 aliphatic heterocycles. The molecule has 0 radical (unpaired) electrons. The number of nitrogens with two attached hydrogens (primary N) is 2. The number of aryl methyl sites for hydroxylation is 1. The molecular weight excluding hydrogens is 354 g/mol. The lowest BCUT2D eigenvalue weighted by Gasteiger charge is -2.20. The van der Waals surface area contributed by atoms with E-state index in [-0.39, 0.29) is 10.2 Å². The first-order valence-electron chi connectivity index (χ1n) is 6.34. The average molecular weight is 368 g/mol. The molecule has 8 heteroatoms. The molecule has 2 amide bonds. The topological polar surface area (TPSA) is 125 Å². The summed E-state index contributed by atoms with van der Waals surface area (Å²) in [6.45, 7) is 1.93. The number of carbonyl (C=O) groups excluding carboxylic acids is 3. The number of hydrogen-bond acceptors (Lipinski definition) is 5. The van der Waals surface area contributed by atoms with Crippen molar-refractivity contribution >= 4 is 39.4 Å². The number of nitrogens with one attached hydrogen (secondary N) is 1. The number of carbonyl (C=O) groups is 3. The molecule has 0 bridgehead atoms. The van der Waals surface area contributed by atoms with Crippen molar-refractivity contribution in [1.82, 2.24) is 0 Å². The molecule has 1 atom stereocenters. The van der Waals surface area contributed by atoms with Gasteiger partial charge in [-0.25, -0.2) is 4.79 Å². The van der Waals surface area contributed by atoms with Crippen LogP contribution < -0.4 is 16.8 Å². The van der Waals surface area contributed by atoms with Gasteiger partial charge in [-0.2, -0.15) is 0 Å². The Balaban J connectivity index is 2.35. The van der Waals surface area contributed by atoms with Crippen LogP contribution in [0.4, 0.5) is 5.69 Å². The van der Waals surface area contributed by atoms with Crippen LogP contribution in [-0.2, 0) is 19.1 Å². The Morgan fingerprint density at radius 1 is 1.23 bits per heavy atom. The molecule has 22 heavy (non-hydrogen) atoms. The summed E-state index contributed by atoms with van der Waals surface area (Å²) in [4.78, 5) is 34.6. The van der Waals surface area contributed by atoms with Gasteiger partial charge in [0.05, 0.1) is 5.70 Å². The number of rotatable bonds is 5. The Kier molecular flexibility index (Phi) is 4.51. The zero-order valence-corrected chi connectivity index (χ0v) is 13.2. The number of esters is 1. The summed E-state index contributed by atoms with van der Waals surface area (Å²) < 4.78 is 5.13. The fourth-order valence-corrected chi connectivity index (χ4v) is 2.47. The van der Waals surface area contributed by atoms with Crippen LogP contribution >= 0.6 is 15.9 Å². The Morgan fingerprint density at radius 2 is 1.77 bits per heavy atom. The molecular formula is C14H14BrN3O4. The van der Waals surface area contributed by atoms with Crippen molar-refractivity contribution in [2.24, 2.45) is 17.4 Å². The lowest BCUT2D eigenvalue weighted by atomic mass is 9.98. The highest BCUT2D eigenvalue weighted by molar-refractivity contribution is 9.12. The molecule has 0 fully saturated rings. The van der Waals surface area contributed by atoms with Gasteiger partial charge >= 0.3 is 5.97 Å². The van der Waals surface area contributed by atoms with E-state index in [9.17, 15) is 14.4 Å². The van der Waals surface area contributed by atoms with Gasteiger partial charge in [0.15, 0.2) is 12.0 Å². The highest BCUT2D eigenvalue weighted by Gasteiger charge is 2.44. The number of ether oxygens (including phenoxy) is 1. The van der Waals surface area contributed by atoms with Gasteiger partial charge in [0.25, 0.3) is 0 Å². The number of primary amides is 2. The minimum atomic E-state index is -1.45. The van der Waals surface area contributed by atoms with Crippen molar-refractivity contribution in [1.29, 1.82) is 0 Å². The lowest BCUT2D eigenvalue weighted by Crippen LogP contribution is -2.45. The average Bonchev–Trinajstić information content (AvgIpc) is 2.69. The maximum Gasteiger partial charge on any atom is 0.347 e. The molecule has 1 aromatic carbocycles.